The molecular weight excluding hydrogens is 222 g/mol. The first-order valence-electron chi connectivity index (χ1n) is 5.44. The van der Waals surface area contributed by atoms with Crippen molar-refractivity contribution in [3.05, 3.63) is 34.5 Å². The van der Waals surface area contributed by atoms with Gasteiger partial charge in [0.1, 0.15) is 11.3 Å². The van der Waals surface area contributed by atoms with E-state index in [2.05, 4.69) is 13.8 Å². The normalized spacial score (nSPS) is 13.6. The van der Waals surface area contributed by atoms with Crippen molar-refractivity contribution in [2.24, 2.45) is 11.7 Å². The van der Waals surface area contributed by atoms with E-state index in [1.165, 1.54) is 0 Å². The fraction of sp³-hybridized carbons (Fsp3) is 0.385. The molecule has 2 N–H and O–H groups in total. The fourth-order valence-corrected chi connectivity index (χ4v) is 2.08. The van der Waals surface area contributed by atoms with Crippen molar-refractivity contribution in [3.8, 4) is 0 Å². The van der Waals surface area contributed by atoms with Crippen LogP contribution >= 0.6 is 11.6 Å². The quantitative estimate of drug-likeness (QED) is 0.856. The summed E-state index contributed by atoms with van der Waals surface area (Å²) in [5.74, 6) is 1.19. The Bertz CT molecular complexity index is 516. The van der Waals surface area contributed by atoms with E-state index in [4.69, 9.17) is 21.8 Å². The van der Waals surface area contributed by atoms with Crippen LogP contribution in [-0.2, 0) is 0 Å². The zero-order chi connectivity index (χ0) is 11.9. The summed E-state index contributed by atoms with van der Waals surface area (Å²) < 4.78 is 5.79. The SMILES string of the molecule is Cc1cc(Cl)cc2cc(C(N)C(C)C)oc12. The van der Waals surface area contributed by atoms with Crippen molar-refractivity contribution in [2.45, 2.75) is 26.8 Å². The Morgan fingerprint density at radius 3 is 2.56 bits per heavy atom. The molecule has 2 nitrogen and oxygen atoms in total. The molecule has 1 unspecified atom stereocenters. The second kappa shape index (κ2) is 4.11. The lowest BCUT2D eigenvalue weighted by Gasteiger charge is -2.11. The maximum Gasteiger partial charge on any atom is 0.137 e. The lowest BCUT2D eigenvalue weighted by atomic mass is 10.0. The molecule has 0 amide bonds. The van der Waals surface area contributed by atoms with Crippen molar-refractivity contribution in [1.29, 1.82) is 0 Å². The summed E-state index contributed by atoms with van der Waals surface area (Å²) in [5.41, 5.74) is 7.99. The summed E-state index contributed by atoms with van der Waals surface area (Å²) in [7, 11) is 0. The van der Waals surface area contributed by atoms with Gasteiger partial charge in [-0.25, -0.2) is 0 Å². The van der Waals surface area contributed by atoms with Gasteiger partial charge in [-0.05, 0) is 36.6 Å². The topological polar surface area (TPSA) is 39.2 Å². The number of nitrogens with two attached hydrogens (primary N) is 1. The highest BCUT2D eigenvalue weighted by Gasteiger charge is 2.16. The van der Waals surface area contributed by atoms with Gasteiger partial charge < -0.3 is 10.2 Å². The van der Waals surface area contributed by atoms with Gasteiger partial charge in [0.25, 0.3) is 0 Å². The molecule has 0 saturated carbocycles. The molecule has 0 fully saturated rings. The Morgan fingerprint density at radius 1 is 1.25 bits per heavy atom. The number of halogens is 1. The molecule has 0 saturated heterocycles. The van der Waals surface area contributed by atoms with Crippen LogP contribution in [0.1, 0.15) is 31.2 Å². The third-order valence-corrected chi connectivity index (χ3v) is 3.05. The molecule has 2 rings (SSSR count). The summed E-state index contributed by atoms with van der Waals surface area (Å²) in [6.45, 7) is 6.15. The summed E-state index contributed by atoms with van der Waals surface area (Å²) in [6, 6.07) is 5.73. The third kappa shape index (κ3) is 1.95. The van der Waals surface area contributed by atoms with E-state index in [0.717, 1.165) is 27.3 Å². The average molecular weight is 238 g/mol. The molecule has 0 aliphatic rings. The molecular formula is C13H16ClNO. The van der Waals surface area contributed by atoms with Crippen LogP contribution < -0.4 is 5.73 Å². The molecule has 0 spiro atoms. The van der Waals surface area contributed by atoms with Crippen LogP contribution in [0.3, 0.4) is 0 Å². The molecule has 0 radical (unpaired) electrons. The molecule has 16 heavy (non-hydrogen) atoms. The average Bonchev–Trinajstić information content (AvgIpc) is 2.60. The summed E-state index contributed by atoms with van der Waals surface area (Å²) in [6.07, 6.45) is 0. The van der Waals surface area contributed by atoms with Gasteiger partial charge in [-0.1, -0.05) is 25.4 Å². The van der Waals surface area contributed by atoms with E-state index in [1.54, 1.807) is 0 Å². The Kier molecular flexibility index (Phi) is 2.96. The maximum absolute atomic E-state index is 6.06. The molecule has 1 aromatic carbocycles. The van der Waals surface area contributed by atoms with E-state index in [9.17, 15) is 0 Å². The van der Waals surface area contributed by atoms with Gasteiger partial charge in [0, 0.05) is 10.4 Å². The fourth-order valence-electron chi connectivity index (χ4n) is 1.80. The first-order chi connectivity index (χ1) is 7.49. The lowest BCUT2D eigenvalue weighted by Crippen LogP contribution is -2.15. The highest BCUT2D eigenvalue weighted by molar-refractivity contribution is 6.31. The zero-order valence-corrected chi connectivity index (χ0v) is 10.5. The second-order valence-electron chi connectivity index (χ2n) is 4.56. The van der Waals surface area contributed by atoms with Crippen molar-refractivity contribution in [3.63, 3.8) is 0 Å². The van der Waals surface area contributed by atoms with Gasteiger partial charge in [-0.15, -0.1) is 0 Å². The molecule has 0 aliphatic carbocycles. The molecule has 86 valence electrons. The smallest absolute Gasteiger partial charge is 0.137 e. The number of benzene rings is 1. The van der Waals surface area contributed by atoms with E-state index in [1.807, 2.05) is 25.1 Å². The Labute approximate surface area is 100 Å². The molecule has 3 heteroatoms. The van der Waals surface area contributed by atoms with Crippen molar-refractivity contribution < 1.29 is 4.42 Å². The zero-order valence-electron chi connectivity index (χ0n) is 9.75. The number of rotatable bonds is 2. The highest BCUT2D eigenvalue weighted by atomic mass is 35.5. The lowest BCUT2D eigenvalue weighted by molar-refractivity contribution is 0.418. The van der Waals surface area contributed by atoms with Crippen LogP contribution in [0.25, 0.3) is 11.0 Å². The van der Waals surface area contributed by atoms with Crippen LogP contribution in [0, 0.1) is 12.8 Å². The summed E-state index contributed by atoms with van der Waals surface area (Å²) in [4.78, 5) is 0. The summed E-state index contributed by atoms with van der Waals surface area (Å²) in [5, 5.41) is 1.76. The minimum absolute atomic E-state index is 0.0643. The Hall–Kier alpha value is -0.990. The van der Waals surface area contributed by atoms with Crippen molar-refractivity contribution in [1.82, 2.24) is 0 Å². The summed E-state index contributed by atoms with van der Waals surface area (Å²) >= 11 is 6.00. The number of hydrogen-bond acceptors (Lipinski definition) is 2. The Balaban J connectivity index is 2.56. The minimum Gasteiger partial charge on any atom is -0.459 e. The minimum atomic E-state index is -0.0643. The van der Waals surface area contributed by atoms with Crippen LogP contribution in [0.15, 0.2) is 22.6 Å². The van der Waals surface area contributed by atoms with Gasteiger partial charge in [0.05, 0.1) is 6.04 Å². The van der Waals surface area contributed by atoms with Gasteiger partial charge in [-0.3, -0.25) is 0 Å². The predicted octanol–water partition coefficient (Wildman–Crippen LogP) is 4.05. The molecule has 0 bridgehead atoms. The van der Waals surface area contributed by atoms with Gasteiger partial charge in [-0.2, -0.15) is 0 Å². The van der Waals surface area contributed by atoms with Crippen LogP contribution in [0.4, 0.5) is 0 Å². The third-order valence-electron chi connectivity index (χ3n) is 2.83. The second-order valence-corrected chi connectivity index (χ2v) is 5.00. The van der Waals surface area contributed by atoms with E-state index in [-0.39, 0.29) is 6.04 Å². The van der Waals surface area contributed by atoms with E-state index in [0.29, 0.717) is 5.92 Å². The van der Waals surface area contributed by atoms with Crippen molar-refractivity contribution >= 4 is 22.6 Å². The first-order valence-corrected chi connectivity index (χ1v) is 5.82. The number of hydrogen-bond donors (Lipinski definition) is 1. The molecule has 1 heterocycles. The number of fused-ring (bicyclic) bond motifs is 1. The first kappa shape index (κ1) is 11.5. The van der Waals surface area contributed by atoms with Gasteiger partial charge in [0.15, 0.2) is 0 Å². The monoisotopic (exact) mass is 237 g/mol. The predicted molar refractivity (Wildman–Crippen MR) is 67.7 cm³/mol. The largest absolute Gasteiger partial charge is 0.459 e. The number of furan rings is 1. The van der Waals surface area contributed by atoms with Crippen molar-refractivity contribution in [2.75, 3.05) is 0 Å². The highest BCUT2D eigenvalue weighted by Crippen LogP contribution is 2.30. The standard InChI is InChI=1S/C13H16ClNO/c1-7(2)12(15)11-6-9-5-10(14)4-8(3)13(9)16-11/h4-7,12H,15H2,1-3H3. The molecule has 0 aliphatic heterocycles. The van der Waals surface area contributed by atoms with Gasteiger partial charge >= 0.3 is 0 Å². The Morgan fingerprint density at radius 2 is 1.94 bits per heavy atom. The number of aryl methyl sites for hydroxylation is 1. The van der Waals surface area contributed by atoms with Crippen LogP contribution in [0.5, 0.6) is 0 Å². The molecule has 2 aromatic rings. The van der Waals surface area contributed by atoms with E-state index >= 15 is 0 Å². The molecule has 1 atom stereocenters. The van der Waals surface area contributed by atoms with Crippen LogP contribution in [-0.4, -0.2) is 0 Å². The maximum atomic E-state index is 6.06. The van der Waals surface area contributed by atoms with E-state index < -0.39 is 0 Å². The van der Waals surface area contributed by atoms with Crippen LogP contribution in [0.2, 0.25) is 5.02 Å². The molecule has 1 aromatic heterocycles. The van der Waals surface area contributed by atoms with Gasteiger partial charge in [0.2, 0.25) is 0 Å².